The first-order valence-electron chi connectivity index (χ1n) is 8.84. The lowest BCUT2D eigenvalue weighted by atomic mass is 10.1. The Balaban J connectivity index is 1.81. The van der Waals surface area contributed by atoms with E-state index in [9.17, 15) is 13.2 Å². The van der Waals surface area contributed by atoms with Gasteiger partial charge in [-0.1, -0.05) is 0 Å². The van der Waals surface area contributed by atoms with Gasteiger partial charge in [-0.25, -0.2) is 13.2 Å². The zero-order valence-electron chi connectivity index (χ0n) is 15.4. The van der Waals surface area contributed by atoms with Gasteiger partial charge in [0, 0.05) is 23.9 Å². The zero-order chi connectivity index (χ0) is 20.5. The molecule has 2 aromatic heterocycles. The van der Waals surface area contributed by atoms with Crippen LogP contribution < -0.4 is 20.7 Å². The molecule has 3 N–H and O–H groups in total. The monoisotopic (exact) mass is 402 g/mol. The Bertz CT molecular complexity index is 1060. The summed E-state index contributed by atoms with van der Waals surface area (Å²) in [6.45, 7) is 2.03. The summed E-state index contributed by atoms with van der Waals surface area (Å²) in [5, 5.41) is 3.12. The minimum absolute atomic E-state index is 0.0493. The summed E-state index contributed by atoms with van der Waals surface area (Å²) in [5.41, 5.74) is 6.98. The van der Waals surface area contributed by atoms with Crippen molar-refractivity contribution in [1.29, 1.82) is 0 Å². The van der Waals surface area contributed by atoms with E-state index in [-0.39, 0.29) is 23.9 Å². The largest absolute Gasteiger partial charge is 0.464 e. The van der Waals surface area contributed by atoms with E-state index in [2.05, 4.69) is 20.3 Å². The zero-order valence-corrected chi connectivity index (χ0v) is 15.4. The van der Waals surface area contributed by atoms with Crippen molar-refractivity contribution in [3.8, 4) is 6.01 Å². The summed E-state index contributed by atoms with van der Waals surface area (Å²) >= 11 is 0. The van der Waals surface area contributed by atoms with Crippen LogP contribution in [0.2, 0.25) is 0 Å². The van der Waals surface area contributed by atoms with Crippen LogP contribution in [0.3, 0.4) is 0 Å². The van der Waals surface area contributed by atoms with Crippen LogP contribution in [0.4, 0.5) is 30.5 Å². The Morgan fingerprint density at radius 2 is 1.97 bits per heavy atom. The number of benzene rings is 1. The third-order valence-electron chi connectivity index (χ3n) is 4.43. The van der Waals surface area contributed by atoms with Crippen molar-refractivity contribution >= 4 is 17.3 Å². The molecule has 3 aromatic rings. The van der Waals surface area contributed by atoms with E-state index in [1.165, 1.54) is 12.3 Å². The molecule has 7 nitrogen and oxygen atoms in total. The summed E-state index contributed by atoms with van der Waals surface area (Å²) in [4.78, 5) is 13.9. The average molecular weight is 402 g/mol. The van der Waals surface area contributed by atoms with Crippen molar-refractivity contribution < 1.29 is 17.9 Å². The molecular weight excluding hydrogens is 385 g/mol. The number of nitrogen functional groups attached to an aromatic ring is 1. The molecular formula is C19H17F3N6O. The Labute approximate surface area is 164 Å². The summed E-state index contributed by atoms with van der Waals surface area (Å²) < 4.78 is 47.1. The Hall–Kier alpha value is -3.56. The van der Waals surface area contributed by atoms with Gasteiger partial charge in [0.25, 0.3) is 0 Å². The molecule has 0 aliphatic carbocycles. The van der Waals surface area contributed by atoms with Crippen molar-refractivity contribution in [1.82, 2.24) is 15.0 Å². The highest BCUT2D eigenvalue weighted by Gasteiger charge is 2.35. The number of nitrogens with one attached hydrogen (secondary N) is 1. The number of hydrogen-bond acceptors (Lipinski definition) is 7. The molecule has 1 aromatic carbocycles. The van der Waals surface area contributed by atoms with E-state index in [4.69, 9.17) is 10.5 Å². The Kier molecular flexibility index (Phi) is 4.83. The second-order valence-electron chi connectivity index (χ2n) is 6.37. The number of halogens is 3. The molecule has 0 saturated carbocycles. The first-order chi connectivity index (χ1) is 14.0. The normalized spacial score (nSPS) is 15.2. The topological polar surface area (TPSA) is 89.2 Å². The van der Waals surface area contributed by atoms with E-state index in [0.717, 1.165) is 24.4 Å². The van der Waals surface area contributed by atoms with Crippen LogP contribution in [0.5, 0.6) is 6.01 Å². The highest BCUT2D eigenvalue weighted by atomic mass is 19.1. The van der Waals surface area contributed by atoms with E-state index in [0.29, 0.717) is 23.7 Å². The summed E-state index contributed by atoms with van der Waals surface area (Å²) in [7, 11) is 0. The van der Waals surface area contributed by atoms with E-state index in [1.807, 2.05) is 0 Å². The SMILES string of the molecule is CCOc1nc(N)c2c(n1)N(Cc1cc(F)ccc1F)C(c1cncc(F)c1)N2. The average Bonchev–Trinajstić information content (AvgIpc) is 3.04. The number of pyridine rings is 1. The molecule has 150 valence electrons. The van der Waals surface area contributed by atoms with E-state index >= 15 is 0 Å². The molecule has 1 aliphatic heterocycles. The lowest BCUT2D eigenvalue weighted by Gasteiger charge is -2.26. The van der Waals surface area contributed by atoms with Gasteiger partial charge in [-0.3, -0.25) is 4.98 Å². The summed E-state index contributed by atoms with van der Waals surface area (Å²) in [6.07, 6.45) is 1.86. The molecule has 29 heavy (non-hydrogen) atoms. The van der Waals surface area contributed by atoms with Crippen LogP contribution in [-0.4, -0.2) is 21.6 Å². The fraction of sp³-hybridized carbons (Fsp3) is 0.211. The van der Waals surface area contributed by atoms with Crippen LogP contribution in [0.1, 0.15) is 24.2 Å². The number of hydrogen-bond donors (Lipinski definition) is 2. The molecule has 1 unspecified atom stereocenters. The van der Waals surface area contributed by atoms with Crippen LogP contribution in [0.25, 0.3) is 0 Å². The van der Waals surface area contributed by atoms with Crippen LogP contribution in [0.15, 0.2) is 36.7 Å². The van der Waals surface area contributed by atoms with Gasteiger partial charge < -0.3 is 20.7 Å². The van der Waals surface area contributed by atoms with Crippen molar-refractivity contribution in [3.63, 3.8) is 0 Å². The van der Waals surface area contributed by atoms with Gasteiger partial charge in [0.15, 0.2) is 11.6 Å². The third kappa shape index (κ3) is 3.60. The maximum atomic E-state index is 14.3. The lowest BCUT2D eigenvalue weighted by Crippen LogP contribution is -2.28. The maximum Gasteiger partial charge on any atom is 0.320 e. The molecule has 0 amide bonds. The predicted octanol–water partition coefficient (Wildman–Crippen LogP) is 3.40. The van der Waals surface area contributed by atoms with Gasteiger partial charge in [-0.2, -0.15) is 9.97 Å². The van der Waals surface area contributed by atoms with Gasteiger partial charge in [0.1, 0.15) is 29.3 Å². The second-order valence-corrected chi connectivity index (χ2v) is 6.37. The van der Waals surface area contributed by atoms with Crippen molar-refractivity contribution in [2.24, 2.45) is 0 Å². The number of aromatic nitrogens is 3. The Morgan fingerprint density at radius 1 is 1.14 bits per heavy atom. The molecule has 10 heteroatoms. The fourth-order valence-corrected chi connectivity index (χ4v) is 3.18. The van der Waals surface area contributed by atoms with Crippen LogP contribution in [-0.2, 0) is 6.54 Å². The first-order valence-corrected chi connectivity index (χ1v) is 8.84. The van der Waals surface area contributed by atoms with Crippen molar-refractivity contribution in [2.75, 3.05) is 22.6 Å². The maximum absolute atomic E-state index is 14.3. The minimum Gasteiger partial charge on any atom is -0.464 e. The highest BCUT2D eigenvalue weighted by molar-refractivity contribution is 5.82. The minimum atomic E-state index is -0.677. The van der Waals surface area contributed by atoms with Gasteiger partial charge in [0.05, 0.1) is 12.8 Å². The molecule has 1 aliphatic rings. The summed E-state index contributed by atoms with van der Waals surface area (Å²) in [6, 6.07) is 4.53. The van der Waals surface area contributed by atoms with Gasteiger partial charge in [-0.05, 0) is 31.2 Å². The smallest absolute Gasteiger partial charge is 0.320 e. The van der Waals surface area contributed by atoms with E-state index in [1.54, 1.807) is 11.8 Å². The number of fused-ring (bicyclic) bond motifs is 1. The third-order valence-corrected chi connectivity index (χ3v) is 4.43. The highest BCUT2D eigenvalue weighted by Crippen LogP contribution is 2.44. The second kappa shape index (κ2) is 7.46. The van der Waals surface area contributed by atoms with Gasteiger partial charge in [0.2, 0.25) is 0 Å². The number of rotatable bonds is 5. The lowest BCUT2D eigenvalue weighted by molar-refractivity contribution is 0.313. The van der Waals surface area contributed by atoms with Gasteiger partial charge in [-0.15, -0.1) is 0 Å². The predicted molar refractivity (Wildman–Crippen MR) is 101 cm³/mol. The Morgan fingerprint density at radius 3 is 2.72 bits per heavy atom. The molecule has 1 atom stereocenters. The molecule has 0 saturated heterocycles. The standard InChI is InChI=1S/C19H17F3N6O/c1-2-29-19-26-16(23)15-18(27-19)28(9-11-6-12(20)3-4-14(11)22)17(25-15)10-5-13(21)8-24-7-10/h3-8,17,25H,2,9H2,1H3,(H2,23,26,27). The number of nitrogens with two attached hydrogens (primary N) is 1. The molecule has 0 bridgehead atoms. The number of anilines is 3. The van der Waals surface area contributed by atoms with Crippen LogP contribution >= 0.6 is 0 Å². The fourth-order valence-electron chi connectivity index (χ4n) is 3.18. The van der Waals surface area contributed by atoms with Gasteiger partial charge >= 0.3 is 6.01 Å². The number of ether oxygens (including phenoxy) is 1. The molecule has 0 spiro atoms. The first kappa shape index (κ1) is 18.8. The van der Waals surface area contributed by atoms with Crippen molar-refractivity contribution in [2.45, 2.75) is 19.6 Å². The van der Waals surface area contributed by atoms with Crippen molar-refractivity contribution in [3.05, 3.63) is 65.2 Å². The molecule has 0 radical (unpaired) electrons. The summed E-state index contributed by atoms with van der Waals surface area (Å²) in [5.74, 6) is -1.24. The van der Waals surface area contributed by atoms with Crippen LogP contribution in [0, 0.1) is 17.5 Å². The molecule has 3 heterocycles. The number of nitrogens with zero attached hydrogens (tertiary/aromatic N) is 4. The quantitative estimate of drug-likeness (QED) is 0.676. The molecule has 0 fully saturated rings. The van der Waals surface area contributed by atoms with E-state index < -0.39 is 23.6 Å². The molecule has 4 rings (SSSR count).